The Morgan fingerprint density at radius 2 is 1.94 bits per heavy atom. The molecule has 5 rings (SSSR count). The topological polar surface area (TPSA) is 71.0 Å². The third kappa shape index (κ3) is 3.87. The lowest BCUT2D eigenvalue weighted by Gasteiger charge is -2.16. The summed E-state index contributed by atoms with van der Waals surface area (Å²) in [5, 5.41) is 0.318. The molecule has 10 heteroatoms. The van der Waals surface area contributed by atoms with Gasteiger partial charge >= 0.3 is 5.69 Å². The minimum absolute atomic E-state index is 0.0591. The van der Waals surface area contributed by atoms with Gasteiger partial charge in [0.1, 0.15) is 0 Å². The predicted octanol–water partition coefficient (Wildman–Crippen LogP) is 3.51. The first kappa shape index (κ1) is 21.5. The van der Waals surface area contributed by atoms with E-state index in [0.29, 0.717) is 22.9 Å². The highest BCUT2D eigenvalue weighted by Gasteiger charge is 2.24. The standard InChI is InChI=1S/C23H19ClF2N4O3/c24-16-5-1-2-6-19(16)30-21-20(22(31)29(23(30)32)12-15-4-3-9-33-15)28(13-27-21)11-14-7-8-17(25)18(26)10-14/h1-2,5-8,10,13,15H,3-4,9,11-12H2/t15-/m1/s1. The number of hydrogen-bond donors (Lipinski definition) is 0. The van der Waals surface area contributed by atoms with E-state index in [1.165, 1.54) is 21.5 Å². The molecule has 7 nitrogen and oxygen atoms in total. The van der Waals surface area contributed by atoms with Crippen LogP contribution in [0.5, 0.6) is 0 Å². The van der Waals surface area contributed by atoms with Gasteiger partial charge in [-0.1, -0.05) is 29.8 Å². The number of benzene rings is 2. The molecule has 3 heterocycles. The highest BCUT2D eigenvalue weighted by Crippen LogP contribution is 2.22. The molecular formula is C23H19ClF2N4O3. The van der Waals surface area contributed by atoms with Crippen LogP contribution in [0.15, 0.2) is 58.4 Å². The molecule has 0 bridgehead atoms. The summed E-state index contributed by atoms with van der Waals surface area (Å²) >= 11 is 6.38. The van der Waals surface area contributed by atoms with Gasteiger partial charge in [-0.05, 0) is 42.7 Å². The van der Waals surface area contributed by atoms with Crippen molar-refractivity contribution in [3.63, 3.8) is 0 Å². The van der Waals surface area contributed by atoms with Gasteiger partial charge in [-0.25, -0.2) is 23.1 Å². The molecule has 2 aromatic heterocycles. The lowest BCUT2D eigenvalue weighted by Crippen LogP contribution is -2.42. The summed E-state index contributed by atoms with van der Waals surface area (Å²) < 4.78 is 36.7. The smallest absolute Gasteiger partial charge is 0.337 e. The minimum atomic E-state index is -0.985. The Balaban J connectivity index is 1.73. The highest BCUT2D eigenvalue weighted by atomic mass is 35.5. The molecule has 0 amide bonds. The van der Waals surface area contributed by atoms with Crippen molar-refractivity contribution < 1.29 is 13.5 Å². The summed E-state index contributed by atoms with van der Waals surface area (Å²) in [6.45, 7) is 0.729. The molecule has 4 aromatic rings. The van der Waals surface area contributed by atoms with E-state index in [9.17, 15) is 18.4 Å². The fourth-order valence-corrected chi connectivity index (χ4v) is 4.36. The van der Waals surface area contributed by atoms with Gasteiger partial charge in [0.2, 0.25) is 0 Å². The van der Waals surface area contributed by atoms with Gasteiger partial charge in [0, 0.05) is 13.2 Å². The van der Waals surface area contributed by atoms with E-state index in [4.69, 9.17) is 16.3 Å². The van der Waals surface area contributed by atoms with E-state index in [1.54, 1.807) is 24.3 Å². The van der Waals surface area contributed by atoms with Crippen molar-refractivity contribution in [2.75, 3.05) is 6.61 Å². The van der Waals surface area contributed by atoms with Crippen LogP contribution in [-0.4, -0.2) is 31.4 Å². The molecule has 2 aromatic carbocycles. The van der Waals surface area contributed by atoms with Crippen LogP contribution in [0, 0.1) is 11.6 Å². The Bertz CT molecular complexity index is 1470. The summed E-state index contributed by atoms with van der Waals surface area (Å²) in [5.41, 5.74) is -0.00769. The Labute approximate surface area is 191 Å². The Kier molecular flexibility index (Phi) is 5.59. The number of imidazole rings is 1. The first-order chi connectivity index (χ1) is 15.9. The normalized spacial score (nSPS) is 16.0. The number of nitrogens with zero attached hydrogens (tertiary/aromatic N) is 4. The molecule has 33 heavy (non-hydrogen) atoms. The molecule has 0 saturated carbocycles. The summed E-state index contributed by atoms with van der Waals surface area (Å²) in [6.07, 6.45) is 2.74. The summed E-state index contributed by atoms with van der Waals surface area (Å²) in [4.78, 5) is 31.3. The predicted molar refractivity (Wildman–Crippen MR) is 119 cm³/mol. The largest absolute Gasteiger partial charge is 0.376 e. The number of hydrogen-bond acceptors (Lipinski definition) is 4. The van der Waals surface area contributed by atoms with Crippen molar-refractivity contribution >= 4 is 22.8 Å². The number of halogens is 3. The molecule has 170 valence electrons. The highest BCUT2D eigenvalue weighted by molar-refractivity contribution is 6.32. The molecular weight excluding hydrogens is 454 g/mol. The first-order valence-electron chi connectivity index (χ1n) is 10.4. The summed E-state index contributed by atoms with van der Waals surface area (Å²) in [5.74, 6) is -1.94. The van der Waals surface area contributed by atoms with Crippen LogP contribution in [0.25, 0.3) is 16.9 Å². The third-order valence-corrected chi connectivity index (χ3v) is 6.06. The van der Waals surface area contributed by atoms with Crippen LogP contribution in [0.3, 0.4) is 0 Å². The van der Waals surface area contributed by atoms with Gasteiger partial charge < -0.3 is 9.30 Å². The fraction of sp³-hybridized carbons (Fsp3) is 0.261. The molecule has 1 saturated heterocycles. The SMILES string of the molecule is O=c1c2c(ncn2Cc2ccc(F)c(F)c2)n(-c2ccccc2Cl)c(=O)n1C[C@H]1CCCO1. The summed E-state index contributed by atoms with van der Waals surface area (Å²) in [6, 6.07) is 10.3. The van der Waals surface area contributed by atoms with Crippen LogP contribution in [0.4, 0.5) is 8.78 Å². The van der Waals surface area contributed by atoms with E-state index in [-0.39, 0.29) is 30.4 Å². The maximum Gasteiger partial charge on any atom is 0.337 e. The minimum Gasteiger partial charge on any atom is -0.376 e. The van der Waals surface area contributed by atoms with E-state index in [0.717, 1.165) is 29.5 Å². The molecule has 1 fully saturated rings. The van der Waals surface area contributed by atoms with Crippen molar-refractivity contribution in [1.29, 1.82) is 0 Å². The molecule has 0 N–H and O–H groups in total. The van der Waals surface area contributed by atoms with Crippen molar-refractivity contribution in [2.45, 2.75) is 32.0 Å². The third-order valence-electron chi connectivity index (χ3n) is 5.74. The molecule has 0 aliphatic carbocycles. The fourth-order valence-electron chi connectivity index (χ4n) is 4.14. The quantitative estimate of drug-likeness (QED) is 0.445. The Morgan fingerprint density at radius 1 is 1.12 bits per heavy atom. The van der Waals surface area contributed by atoms with Crippen LogP contribution < -0.4 is 11.2 Å². The molecule has 1 atom stereocenters. The molecule has 0 radical (unpaired) electrons. The van der Waals surface area contributed by atoms with E-state index in [2.05, 4.69) is 4.98 Å². The van der Waals surface area contributed by atoms with Gasteiger partial charge in [0.15, 0.2) is 22.8 Å². The monoisotopic (exact) mass is 472 g/mol. The van der Waals surface area contributed by atoms with E-state index in [1.807, 2.05) is 0 Å². The maximum absolute atomic E-state index is 13.7. The number of aromatic nitrogens is 4. The van der Waals surface area contributed by atoms with Crippen molar-refractivity contribution in [3.8, 4) is 5.69 Å². The number of fused-ring (bicyclic) bond motifs is 1. The lowest BCUT2D eigenvalue weighted by molar-refractivity contribution is 0.0950. The van der Waals surface area contributed by atoms with Crippen LogP contribution >= 0.6 is 11.6 Å². The van der Waals surface area contributed by atoms with E-state index >= 15 is 0 Å². The number of para-hydroxylation sites is 1. The second-order valence-corrected chi connectivity index (χ2v) is 8.32. The van der Waals surface area contributed by atoms with E-state index < -0.39 is 22.9 Å². The molecule has 1 aliphatic rings. The second-order valence-electron chi connectivity index (χ2n) is 7.91. The van der Waals surface area contributed by atoms with Crippen LogP contribution in [0.2, 0.25) is 5.02 Å². The first-order valence-corrected chi connectivity index (χ1v) is 10.8. The number of ether oxygens (including phenoxy) is 1. The van der Waals surface area contributed by atoms with Gasteiger partial charge in [-0.15, -0.1) is 0 Å². The lowest BCUT2D eigenvalue weighted by atomic mass is 10.2. The second kappa shape index (κ2) is 8.57. The van der Waals surface area contributed by atoms with Crippen molar-refractivity contribution in [1.82, 2.24) is 18.7 Å². The van der Waals surface area contributed by atoms with Gasteiger partial charge in [-0.2, -0.15) is 0 Å². The molecule has 0 unspecified atom stereocenters. The van der Waals surface area contributed by atoms with Gasteiger partial charge in [0.25, 0.3) is 5.56 Å². The molecule has 1 aliphatic heterocycles. The average Bonchev–Trinajstić information content (AvgIpc) is 3.45. The number of rotatable bonds is 5. The van der Waals surface area contributed by atoms with Crippen LogP contribution in [-0.2, 0) is 17.8 Å². The van der Waals surface area contributed by atoms with Gasteiger partial charge in [0.05, 0.1) is 29.7 Å². The molecule has 0 spiro atoms. The Morgan fingerprint density at radius 3 is 2.67 bits per heavy atom. The van der Waals surface area contributed by atoms with Crippen LogP contribution in [0.1, 0.15) is 18.4 Å². The van der Waals surface area contributed by atoms with Crippen molar-refractivity contribution in [2.24, 2.45) is 0 Å². The zero-order valence-electron chi connectivity index (χ0n) is 17.4. The van der Waals surface area contributed by atoms with Gasteiger partial charge in [-0.3, -0.25) is 9.36 Å². The Hall–Kier alpha value is -3.30. The average molecular weight is 473 g/mol. The van der Waals surface area contributed by atoms with Crippen molar-refractivity contribution in [3.05, 3.63) is 91.9 Å². The zero-order chi connectivity index (χ0) is 23.1. The summed E-state index contributed by atoms with van der Waals surface area (Å²) in [7, 11) is 0. The maximum atomic E-state index is 13.7. The zero-order valence-corrected chi connectivity index (χ0v) is 18.1.